The highest BCUT2D eigenvalue weighted by Crippen LogP contribution is 2.25. The second-order valence-electron chi connectivity index (χ2n) is 5.90. The van der Waals surface area contributed by atoms with Crippen LogP contribution in [0.15, 0.2) is 18.2 Å². The van der Waals surface area contributed by atoms with Crippen molar-refractivity contribution >= 4 is 5.91 Å². The fourth-order valence-corrected chi connectivity index (χ4v) is 3.05. The monoisotopic (exact) mass is 284 g/mol. The molecule has 1 aliphatic heterocycles. The van der Waals surface area contributed by atoms with Gasteiger partial charge in [-0.1, -0.05) is 17.9 Å². The Morgan fingerprint density at radius 3 is 2.62 bits per heavy atom. The molecule has 3 heteroatoms. The normalized spacial score (nSPS) is 21.6. The third-order valence-electron chi connectivity index (χ3n) is 4.16. The van der Waals surface area contributed by atoms with Gasteiger partial charge in [-0.25, -0.2) is 0 Å². The van der Waals surface area contributed by atoms with Gasteiger partial charge in [0, 0.05) is 17.6 Å². The van der Waals surface area contributed by atoms with Crippen LogP contribution >= 0.6 is 0 Å². The lowest BCUT2D eigenvalue weighted by molar-refractivity contribution is 0.0510. The summed E-state index contributed by atoms with van der Waals surface area (Å²) >= 11 is 0. The van der Waals surface area contributed by atoms with Crippen LogP contribution < -0.4 is 5.73 Å². The first-order chi connectivity index (χ1) is 10.0. The summed E-state index contributed by atoms with van der Waals surface area (Å²) in [5.41, 5.74) is 8.05. The lowest BCUT2D eigenvalue weighted by atomic mass is 9.95. The van der Waals surface area contributed by atoms with Gasteiger partial charge in [0.2, 0.25) is 0 Å². The van der Waals surface area contributed by atoms with Crippen molar-refractivity contribution < 1.29 is 4.79 Å². The average Bonchev–Trinajstić information content (AvgIpc) is 2.44. The number of nitrogens with two attached hydrogens (primary N) is 1. The molecule has 3 nitrogen and oxygen atoms in total. The standard InChI is InChI=1S/C18H24N2O/c1-13-9-10-17(16(12-13)8-5-11-19)18(21)20-14(2)6-4-7-15(20)3/h9-10,12,14-15H,4,6-7,11,19H2,1-3H3. The molecule has 1 aliphatic rings. The number of carbonyl (C=O) groups is 1. The summed E-state index contributed by atoms with van der Waals surface area (Å²) in [4.78, 5) is 15.0. The first-order valence-corrected chi connectivity index (χ1v) is 7.67. The van der Waals surface area contributed by atoms with Crippen LogP contribution in [0.2, 0.25) is 0 Å². The van der Waals surface area contributed by atoms with E-state index in [1.165, 1.54) is 6.42 Å². The van der Waals surface area contributed by atoms with E-state index in [0.29, 0.717) is 12.1 Å². The van der Waals surface area contributed by atoms with E-state index in [0.717, 1.165) is 24.0 Å². The maximum absolute atomic E-state index is 12.9. The van der Waals surface area contributed by atoms with Gasteiger partial charge in [-0.3, -0.25) is 4.79 Å². The molecule has 1 aromatic carbocycles. The number of nitrogens with zero attached hydrogens (tertiary/aromatic N) is 1. The second-order valence-corrected chi connectivity index (χ2v) is 5.90. The molecule has 2 rings (SSSR count). The minimum Gasteiger partial charge on any atom is -0.333 e. The Labute approximate surface area is 127 Å². The van der Waals surface area contributed by atoms with Gasteiger partial charge in [0.15, 0.2) is 0 Å². The van der Waals surface area contributed by atoms with Gasteiger partial charge in [-0.05, 0) is 57.7 Å². The smallest absolute Gasteiger partial charge is 0.255 e. The topological polar surface area (TPSA) is 46.3 Å². The first kappa shape index (κ1) is 15.6. The van der Waals surface area contributed by atoms with E-state index >= 15 is 0 Å². The van der Waals surface area contributed by atoms with E-state index in [1.54, 1.807) is 0 Å². The molecule has 2 atom stereocenters. The van der Waals surface area contributed by atoms with Gasteiger partial charge in [0.25, 0.3) is 5.91 Å². The molecule has 2 N–H and O–H groups in total. The third kappa shape index (κ3) is 3.46. The number of benzene rings is 1. The molecular formula is C18H24N2O. The molecule has 2 unspecified atom stereocenters. The SMILES string of the molecule is Cc1ccc(C(=O)N2C(C)CCCC2C)c(C#CCN)c1. The molecule has 0 aromatic heterocycles. The Morgan fingerprint density at radius 2 is 2.00 bits per heavy atom. The number of aryl methyl sites for hydroxylation is 1. The second kappa shape index (κ2) is 6.78. The van der Waals surface area contributed by atoms with E-state index in [9.17, 15) is 4.79 Å². The van der Waals surface area contributed by atoms with Crippen molar-refractivity contribution in [1.82, 2.24) is 4.90 Å². The molecule has 0 aliphatic carbocycles. The Bertz CT molecular complexity index is 573. The summed E-state index contributed by atoms with van der Waals surface area (Å²) in [6.07, 6.45) is 3.34. The maximum Gasteiger partial charge on any atom is 0.255 e. The average molecular weight is 284 g/mol. The Morgan fingerprint density at radius 1 is 1.33 bits per heavy atom. The summed E-state index contributed by atoms with van der Waals surface area (Å²) in [5, 5.41) is 0. The number of likely N-dealkylation sites (tertiary alicyclic amines) is 1. The zero-order valence-corrected chi connectivity index (χ0v) is 13.1. The molecule has 0 spiro atoms. The predicted octanol–water partition coefficient (Wildman–Crippen LogP) is 2.71. The molecule has 1 fully saturated rings. The summed E-state index contributed by atoms with van der Waals surface area (Å²) in [7, 11) is 0. The number of hydrogen-bond donors (Lipinski definition) is 1. The highest BCUT2D eigenvalue weighted by Gasteiger charge is 2.30. The molecule has 0 radical (unpaired) electrons. The van der Waals surface area contributed by atoms with Crippen LogP contribution in [0, 0.1) is 18.8 Å². The minimum atomic E-state index is 0.0935. The molecule has 1 amide bonds. The van der Waals surface area contributed by atoms with Crippen molar-refractivity contribution in [1.29, 1.82) is 0 Å². The molecule has 1 heterocycles. The molecule has 1 aromatic rings. The number of amides is 1. The summed E-state index contributed by atoms with van der Waals surface area (Å²) < 4.78 is 0. The van der Waals surface area contributed by atoms with Crippen LogP contribution in [0.4, 0.5) is 0 Å². The number of piperidine rings is 1. The Kier molecular flexibility index (Phi) is 5.03. The molecule has 1 saturated heterocycles. The molecule has 0 saturated carbocycles. The lowest BCUT2D eigenvalue weighted by Gasteiger charge is -2.39. The van der Waals surface area contributed by atoms with Crippen LogP contribution in [-0.4, -0.2) is 29.4 Å². The molecule has 21 heavy (non-hydrogen) atoms. The third-order valence-corrected chi connectivity index (χ3v) is 4.16. The van der Waals surface area contributed by atoms with Gasteiger partial charge in [-0.15, -0.1) is 0 Å². The van der Waals surface area contributed by atoms with E-state index < -0.39 is 0 Å². The van der Waals surface area contributed by atoms with Gasteiger partial charge >= 0.3 is 0 Å². The van der Waals surface area contributed by atoms with E-state index in [-0.39, 0.29) is 18.0 Å². The van der Waals surface area contributed by atoms with Gasteiger partial charge < -0.3 is 10.6 Å². The quantitative estimate of drug-likeness (QED) is 0.806. The van der Waals surface area contributed by atoms with Gasteiger partial charge in [0.05, 0.1) is 12.1 Å². The van der Waals surface area contributed by atoms with Crippen LogP contribution in [0.25, 0.3) is 0 Å². The number of carbonyl (C=O) groups excluding carboxylic acids is 1. The van der Waals surface area contributed by atoms with Crippen molar-refractivity contribution in [3.8, 4) is 11.8 Å². The van der Waals surface area contributed by atoms with E-state index in [2.05, 4.69) is 25.7 Å². The zero-order valence-electron chi connectivity index (χ0n) is 13.1. The molecule has 0 bridgehead atoms. The predicted molar refractivity (Wildman–Crippen MR) is 86.1 cm³/mol. The van der Waals surface area contributed by atoms with Crippen LogP contribution in [-0.2, 0) is 0 Å². The van der Waals surface area contributed by atoms with Crippen LogP contribution in [0.3, 0.4) is 0 Å². The van der Waals surface area contributed by atoms with Gasteiger partial charge in [0.1, 0.15) is 0 Å². The van der Waals surface area contributed by atoms with Crippen molar-refractivity contribution in [2.45, 2.75) is 52.1 Å². The highest BCUT2D eigenvalue weighted by atomic mass is 16.2. The fraction of sp³-hybridized carbons (Fsp3) is 0.500. The summed E-state index contributed by atoms with van der Waals surface area (Å²) in [6, 6.07) is 6.41. The minimum absolute atomic E-state index is 0.0935. The number of hydrogen-bond acceptors (Lipinski definition) is 2. The van der Waals surface area contributed by atoms with Crippen LogP contribution in [0.1, 0.15) is 54.6 Å². The van der Waals surface area contributed by atoms with Crippen molar-refractivity contribution in [3.63, 3.8) is 0 Å². The highest BCUT2D eigenvalue weighted by molar-refractivity contribution is 5.97. The largest absolute Gasteiger partial charge is 0.333 e. The Hall–Kier alpha value is -1.79. The summed E-state index contributed by atoms with van der Waals surface area (Å²) in [6.45, 7) is 6.58. The zero-order chi connectivity index (χ0) is 15.4. The summed E-state index contributed by atoms with van der Waals surface area (Å²) in [5.74, 6) is 5.99. The first-order valence-electron chi connectivity index (χ1n) is 7.67. The van der Waals surface area contributed by atoms with E-state index in [1.807, 2.05) is 30.0 Å². The molecular weight excluding hydrogens is 260 g/mol. The van der Waals surface area contributed by atoms with Crippen molar-refractivity contribution in [3.05, 3.63) is 34.9 Å². The van der Waals surface area contributed by atoms with Crippen LogP contribution in [0.5, 0.6) is 0 Å². The number of rotatable bonds is 1. The van der Waals surface area contributed by atoms with Crippen molar-refractivity contribution in [2.75, 3.05) is 6.54 Å². The maximum atomic E-state index is 12.9. The lowest BCUT2D eigenvalue weighted by Crippen LogP contribution is -2.47. The van der Waals surface area contributed by atoms with E-state index in [4.69, 9.17) is 5.73 Å². The fourth-order valence-electron chi connectivity index (χ4n) is 3.05. The molecule has 112 valence electrons. The van der Waals surface area contributed by atoms with Crippen molar-refractivity contribution in [2.24, 2.45) is 5.73 Å². The van der Waals surface area contributed by atoms with Gasteiger partial charge in [-0.2, -0.15) is 0 Å². The Balaban J connectivity index is 2.38.